The summed E-state index contributed by atoms with van der Waals surface area (Å²) in [7, 11) is 3.71. The lowest BCUT2D eigenvalue weighted by Crippen LogP contribution is -2.06. The summed E-state index contributed by atoms with van der Waals surface area (Å²) < 4.78 is 15.7. The Morgan fingerprint density at radius 1 is 1.33 bits per heavy atom. The Labute approximate surface area is 107 Å². The number of hydrogen-bond donors (Lipinski definition) is 1. The van der Waals surface area contributed by atoms with E-state index in [0.717, 1.165) is 22.5 Å². The summed E-state index contributed by atoms with van der Waals surface area (Å²) >= 11 is 0. The lowest BCUT2D eigenvalue weighted by Gasteiger charge is -2.06. The van der Waals surface area contributed by atoms with Crippen LogP contribution in [0.3, 0.4) is 0 Å². The Kier molecular flexibility index (Phi) is 3.48. The van der Waals surface area contributed by atoms with Crippen LogP contribution >= 0.6 is 0 Å². The topological polar surface area (TPSA) is 29.9 Å². The Hall–Kier alpha value is -1.68. The van der Waals surface area contributed by atoms with E-state index in [0.29, 0.717) is 12.1 Å². The van der Waals surface area contributed by atoms with Crippen LogP contribution in [0.15, 0.2) is 18.2 Å². The first-order valence-electron chi connectivity index (χ1n) is 5.98. The molecule has 18 heavy (non-hydrogen) atoms. The van der Waals surface area contributed by atoms with E-state index >= 15 is 0 Å². The smallest absolute Gasteiger partial charge is 0.128 e. The molecule has 0 bridgehead atoms. The highest BCUT2D eigenvalue weighted by molar-refractivity contribution is 5.68. The number of nitrogens with one attached hydrogen (secondary N) is 1. The number of aryl methyl sites for hydroxylation is 2. The molecule has 0 amide bonds. The molecule has 2 rings (SSSR count). The first-order valence-corrected chi connectivity index (χ1v) is 5.98. The minimum absolute atomic E-state index is 0.176. The lowest BCUT2D eigenvalue weighted by molar-refractivity contribution is 0.601. The van der Waals surface area contributed by atoms with Crippen molar-refractivity contribution in [3.63, 3.8) is 0 Å². The number of nitrogens with zero attached hydrogens (tertiary/aromatic N) is 2. The average Bonchev–Trinajstić information content (AvgIpc) is 2.56. The Bertz CT molecular complexity index is 573. The van der Waals surface area contributed by atoms with E-state index < -0.39 is 0 Å². The van der Waals surface area contributed by atoms with Gasteiger partial charge in [0.25, 0.3) is 0 Å². The molecule has 0 atom stereocenters. The second-order valence-electron chi connectivity index (χ2n) is 4.51. The fourth-order valence-corrected chi connectivity index (χ4v) is 2.23. The van der Waals surface area contributed by atoms with E-state index in [2.05, 4.69) is 10.4 Å². The predicted molar refractivity (Wildman–Crippen MR) is 70.8 cm³/mol. The van der Waals surface area contributed by atoms with E-state index in [-0.39, 0.29) is 5.82 Å². The number of rotatable bonds is 3. The van der Waals surface area contributed by atoms with E-state index in [9.17, 15) is 4.39 Å². The summed E-state index contributed by atoms with van der Waals surface area (Å²) in [5, 5.41) is 7.31. The molecule has 4 heteroatoms. The molecule has 0 aliphatic heterocycles. The second-order valence-corrected chi connectivity index (χ2v) is 4.51. The van der Waals surface area contributed by atoms with Crippen molar-refractivity contribution < 1.29 is 4.39 Å². The highest BCUT2D eigenvalue weighted by atomic mass is 19.1. The molecule has 2 aromatic rings. The van der Waals surface area contributed by atoms with Crippen molar-refractivity contribution in [2.45, 2.75) is 20.4 Å². The van der Waals surface area contributed by atoms with Crippen LogP contribution in [0.4, 0.5) is 4.39 Å². The van der Waals surface area contributed by atoms with E-state index in [1.54, 1.807) is 6.07 Å². The monoisotopic (exact) mass is 247 g/mol. The zero-order valence-corrected chi connectivity index (χ0v) is 11.2. The fraction of sp³-hybridized carbons (Fsp3) is 0.357. The van der Waals surface area contributed by atoms with Crippen LogP contribution in [0.2, 0.25) is 0 Å². The quantitative estimate of drug-likeness (QED) is 0.903. The maximum absolute atomic E-state index is 13.9. The predicted octanol–water partition coefficient (Wildman–Crippen LogP) is 2.56. The Morgan fingerprint density at radius 3 is 2.56 bits per heavy atom. The van der Waals surface area contributed by atoms with Gasteiger partial charge < -0.3 is 5.32 Å². The van der Waals surface area contributed by atoms with Crippen LogP contribution in [-0.4, -0.2) is 16.8 Å². The standard InChI is InChI=1S/C14H18FN3/c1-9-14(10(2)18(4)17-9)11-5-6-12(8-16-3)13(15)7-11/h5-7,16H,8H2,1-4H3. The molecule has 1 aromatic heterocycles. The molecule has 3 nitrogen and oxygen atoms in total. The molecule has 0 radical (unpaired) electrons. The largest absolute Gasteiger partial charge is 0.316 e. The van der Waals surface area contributed by atoms with Crippen molar-refractivity contribution >= 4 is 0 Å². The van der Waals surface area contributed by atoms with Gasteiger partial charge in [0.2, 0.25) is 0 Å². The molecular weight excluding hydrogens is 229 g/mol. The summed E-state index contributed by atoms with van der Waals surface area (Å²) in [5.74, 6) is -0.176. The van der Waals surface area contributed by atoms with Gasteiger partial charge in [-0.05, 0) is 32.5 Å². The molecule has 1 heterocycles. The molecule has 1 aromatic carbocycles. The van der Waals surface area contributed by atoms with Gasteiger partial charge in [-0.15, -0.1) is 0 Å². The third-order valence-electron chi connectivity index (χ3n) is 3.22. The highest BCUT2D eigenvalue weighted by Gasteiger charge is 2.13. The van der Waals surface area contributed by atoms with Crippen LogP contribution in [-0.2, 0) is 13.6 Å². The van der Waals surface area contributed by atoms with Crippen molar-refractivity contribution in [2.75, 3.05) is 7.05 Å². The minimum Gasteiger partial charge on any atom is -0.316 e. The van der Waals surface area contributed by atoms with Gasteiger partial charge in [-0.3, -0.25) is 4.68 Å². The normalized spacial score (nSPS) is 10.9. The third-order valence-corrected chi connectivity index (χ3v) is 3.22. The van der Waals surface area contributed by atoms with Crippen molar-refractivity contribution in [3.05, 3.63) is 41.0 Å². The molecule has 96 valence electrons. The van der Waals surface area contributed by atoms with Crippen molar-refractivity contribution in [3.8, 4) is 11.1 Å². The molecule has 0 aliphatic rings. The highest BCUT2D eigenvalue weighted by Crippen LogP contribution is 2.27. The summed E-state index contributed by atoms with van der Waals surface area (Å²) in [4.78, 5) is 0. The van der Waals surface area contributed by atoms with Crippen LogP contribution in [0.5, 0.6) is 0 Å². The van der Waals surface area contributed by atoms with Gasteiger partial charge >= 0.3 is 0 Å². The minimum atomic E-state index is -0.176. The van der Waals surface area contributed by atoms with Crippen molar-refractivity contribution in [2.24, 2.45) is 7.05 Å². The second kappa shape index (κ2) is 4.90. The number of benzene rings is 1. The summed E-state index contributed by atoms with van der Waals surface area (Å²) in [5.41, 5.74) is 4.56. The zero-order valence-electron chi connectivity index (χ0n) is 11.2. The van der Waals surface area contributed by atoms with Crippen molar-refractivity contribution in [1.29, 1.82) is 0 Å². The average molecular weight is 247 g/mol. The summed E-state index contributed by atoms with van der Waals surface area (Å²) in [6.07, 6.45) is 0. The number of halogens is 1. The molecule has 0 saturated heterocycles. The molecule has 0 fully saturated rings. The first-order chi connectivity index (χ1) is 8.54. The molecule has 0 aliphatic carbocycles. The maximum Gasteiger partial charge on any atom is 0.128 e. The Balaban J connectivity index is 2.49. The summed E-state index contributed by atoms with van der Waals surface area (Å²) in [6.45, 7) is 4.48. The fourth-order valence-electron chi connectivity index (χ4n) is 2.23. The van der Waals surface area contributed by atoms with Crippen molar-refractivity contribution in [1.82, 2.24) is 15.1 Å². The van der Waals surface area contributed by atoms with Gasteiger partial charge in [-0.25, -0.2) is 4.39 Å². The van der Waals surface area contributed by atoms with Crippen LogP contribution in [0.25, 0.3) is 11.1 Å². The SMILES string of the molecule is CNCc1ccc(-c2c(C)nn(C)c2C)cc1F. The van der Waals surface area contributed by atoms with Crippen LogP contribution in [0, 0.1) is 19.7 Å². The molecule has 0 unspecified atom stereocenters. The number of aromatic nitrogens is 2. The van der Waals surface area contributed by atoms with E-state index in [1.807, 2.05) is 44.8 Å². The van der Waals surface area contributed by atoms with Gasteiger partial charge in [-0.1, -0.05) is 12.1 Å². The third kappa shape index (κ3) is 2.16. The zero-order chi connectivity index (χ0) is 13.3. The van der Waals surface area contributed by atoms with Gasteiger partial charge in [0.1, 0.15) is 5.82 Å². The van der Waals surface area contributed by atoms with Gasteiger partial charge in [-0.2, -0.15) is 5.10 Å². The van der Waals surface area contributed by atoms with Crippen LogP contribution in [0.1, 0.15) is 17.0 Å². The molecule has 0 saturated carbocycles. The van der Waals surface area contributed by atoms with E-state index in [1.165, 1.54) is 0 Å². The number of hydrogen-bond acceptors (Lipinski definition) is 2. The van der Waals surface area contributed by atoms with Gasteiger partial charge in [0, 0.05) is 30.4 Å². The molecule has 1 N–H and O–H groups in total. The van der Waals surface area contributed by atoms with Crippen LogP contribution < -0.4 is 5.32 Å². The van der Waals surface area contributed by atoms with Gasteiger partial charge in [0.05, 0.1) is 5.69 Å². The molecular formula is C14H18FN3. The summed E-state index contributed by atoms with van der Waals surface area (Å²) in [6, 6.07) is 5.36. The first kappa shape index (κ1) is 12.8. The van der Waals surface area contributed by atoms with E-state index in [4.69, 9.17) is 0 Å². The molecule has 0 spiro atoms. The van der Waals surface area contributed by atoms with Gasteiger partial charge in [0.15, 0.2) is 0 Å². The Morgan fingerprint density at radius 2 is 2.06 bits per heavy atom. The lowest BCUT2D eigenvalue weighted by atomic mass is 10.0. The maximum atomic E-state index is 13.9.